The number of aliphatic imine (C=N–C) groups is 1. The number of hydrogen-bond acceptors (Lipinski definition) is 3. The minimum atomic E-state index is -0.436. The predicted molar refractivity (Wildman–Crippen MR) is 78.7 cm³/mol. The first-order chi connectivity index (χ1) is 9.32. The standard InChI is InChI=1S/C15H18BNO3/c1-14(2)15(3,4)20-16(19-14)12-7-5-6-11-10(12)8-9-17-13(11)18/h5-7,9H,8H2,1-4H3. The third kappa shape index (κ3) is 1.93. The van der Waals surface area contributed by atoms with E-state index in [1.807, 2.05) is 45.9 Å². The van der Waals surface area contributed by atoms with E-state index in [1.165, 1.54) is 0 Å². The maximum absolute atomic E-state index is 11.8. The summed E-state index contributed by atoms with van der Waals surface area (Å²) in [4.78, 5) is 15.7. The molecule has 0 unspecified atom stereocenters. The second kappa shape index (κ2) is 4.27. The minimum absolute atomic E-state index is 0.190. The van der Waals surface area contributed by atoms with Crippen molar-refractivity contribution in [2.24, 2.45) is 4.99 Å². The maximum atomic E-state index is 11.8. The summed E-state index contributed by atoms with van der Waals surface area (Å²) in [5, 5.41) is 0. The Morgan fingerprint density at radius 1 is 1.15 bits per heavy atom. The molecule has 0 spiro atoms. The van der Waals surface area contributed by atoms with Crippen LogP contribution in [0.3, 0.4) is 0 Å². The Bertz CT molecular complexity index is 591. The number of hydrogen-bond donors (Lipinski definition) is 0. The van der Waals surface area contributed by atoms with Gasteiger partial charge in [-0.2, -0.15) is 0 Å². The molecule has 1 saturated heterocycles. The second-order valence-electron chi connectivity index (χ2n) is 6.28. The molecule has 20 heavy (non-hydrogen) atoms. The van der Waals surface area contributed by atoms with Crippen LogP contribution < -0.4 is 5.46 Å². The van der Waals surface area contributed by atoms with E-state index in [2.05, 4.69) is 4.99 Å². The van der Waals surface area contributed by atoms with Gasteiger partial charge >= 0.3 is 7.12 Å². The summed E-state index contributed by atoms with van der Waals surface area (Å²) in [6.45, 7) is 8.09. The summed E-state index contributed by atoms with van der Waals surface area (Å²) in [7, 11) is -0.436. The summed E-state index contributed by atoms with van der Waals surface area (Å²) in [5.74, 6) is -0.190. The molecule has 3 rings (SSSR count). The molecule has 0 atom stereocenters. The lowest BCUT2D eigenvalue weighted by molar-refractivity contribution is 0.00578. The first-order valence-electron chi connectivity index (χ1n) is 6.86. The van der Waals surface area contributed by atoms with Gasteiger partial charge in [-0.3, -0.25) is 4.79 Å². The van der Waals surface area contributed by atoms with Gasteiger partial charge in [0.15, 0.2) is 0 Å². The van der Waals surface area contributed by atoms with E-state index in [9.17, 15) is 4.79 Å². The molecule has 0 bridgehead atoms. The molecule has 104 valence electrons. The van der Waals surface area contributed by atoms with Crippen molar-refractivity contribution in [2.75, 3.05) is 0 Å². The Labute approximate surface area is 119 Å². The molecule has 5 heteroatoms. The number of amides is 1. The van der Waals surface area contributed by atoms with E-state index in [0.29, 0.717) is 12.0 Å². The smallest absolute Gasteiger partial charge is 0.399 e. The number of benzene rings is 1. The normalized spacial score (nSPS) is 23.0. The maximum Gasteiger partial charge on any atom is 0.495 e. The highest BCUT2D eigenvalue weighted by Gasteiger charge is 2.52. The fourth-order valence-electron chi connectivity index (χ4n) is 2.51. The third-order valence-electron chi connectivity index (χ3n) is 4.45. The number of carbonyl (C=O) groups excluding carboxylic acids is 1. The Kier molecular flexibility index (Phi) is 2.89. The Hall–Kier alpha value is -1.46. The molecule has 1 aromatic carbocycles. The first kappa shape index (κ1) is 13.5. The van der Waals surface area contributed by atoms with Crippen molar-refractivity contribution in [3.8, 4) is 0 Å². The monoisotopic (exact) mass is 271 g/mol. The lowest BCUT2D eigenvalue weighted by Crippen LogP contribution is -2.41. The zero-order chi connectivity index (χ0) is 14.5. The summed E-state index contributed by atoms with van der Waals surface area (Å²) in [5.41, 5.74) is 1.78. The summed E-state index contributed by atoms with van der Waals surface area (Å²) in [6.07, 6.45) is 2.29. The van der Waals surface area contributed by atoms with Gasteiger partial charge in [0.1, 0.15) is 0 Å². The highest BCUT2D eigenvalue weighted by atomic mass is 16.7. The van der Waals surface area contributed by atoms with Crippen LogP contribution in [0.25, 0.3) is 0 Å². The van der Waals surface area contributed by atoms with E-state index in [1.54, 1.807) is 6.21 Å². The summed E-state index contributed by atoms with van der Waals surface area (Å²) < 4.78 is 12.1. The van der Waals surface area contributed by atoms with Gasteiger partial charge in [-0.15, -0.1) is 0 Å². The zero-order valence-corrected chi connectivity index (χ0v) is 12.3. The van der Waals surface area contributed by atoms with Gasteiger partial charge in [0, 0.05) is 18.2 Å². The predicted octanol–water partition coefficient (Wildman–Crippen LogP) is 1.75. The van der Waals surface area contributed by atoms with Gasteiger partial charge in [0.2, 0.25) is 0 Å². The van der Waals surface area contributed by atoms with Crippen LogP contribution in [0.1, 0.15) is 43.6 Å². The number of rotatable bonds is 1. The molecule has 1 fully saturated rings. The van der Waals surface area contributed by atoms with Crippen LogP contribution in [0.5, 0.6) is 0 Å². The highest BCUT2D eigenvalue weighted by Crippen LogP contribution is 2.36. The van der Waals surface area contributed by atoms with Crippen molar-refractivity contribution in [2.45, 2.75) is 45.3 Å². The van der Waals surface area contributed by atoms with Crippen LogP contribution in [0.4, 0.5) is 0 Å². The average molecular weight is 271 g/mol. The molecular weight excluding hydrogens is 253 g/mol. The largest absolute Gasteiger partial charge is 0.495 e. The van der Waals surface area contributed by atoms with E-state index in [0.717, 1.165) is 11.0 Å². The Morgan fingerprint density at radius 2 is 1.80 bits per heavy atom. The highest BCUT2D eigenvalue weighted by molar-refractivity contribution is 6.63. The molecule has 4 nitrogen and oxygen atoms in total. The van der Waals surface area contributed by atoms with Crippen LogP contribution in [0, 0.1) is 0 Å². The molecule has 1 aromatic rings. The third-order valence-corrected chi connectivity index (χ3v) is 4.45. The van der Waals surface area contributed by atoms with Crippen molar-refractivity contribution in [3.05, 3.63) is 29.3 Å². The topological polar surface area (TPSA) is 47.9 Å². The minimum Gasteiger partial charge on any atom is -0.399 e. The summed E-state index contributed by atoms with van der Waals surface area (Å²) in [6, 6.07) is 5.63. The number of fused-ring (bicyclic) bond motifs is 1. The van der Waals surface area contributed by atoms with Gasteiger partial charge in [-0.25, -0.2) is 4.99 Å². The lowest BCUT2D eigenvalue weighted by atomic mass is 9.73. The van der Waals surface area contributed by atoms with E-state index in [-0.39, 0.29) is 17.1 Å². The molecule has 2 aliphatic heterocycles. The van der Waals surface area contributed by atoms with Crippen LogP contribution in [-0.4, -0.2) is 30.4 Å². The molecule has 2 aliphatic rings. The quantitative estimate of drug-likeness (QED) is 0.731. The van der Waals surface area contributed by atoms with Crippen LogP contribution in [0.2, 0.25) is 0 Å². The van der Waals surface area contributed by atoms with Gasteiger partial charge in [-0.1, -0.05) is 12.1 Å². The SMILES string of the molecule is CC1(C)OB(c2cccc3c2CC=NC3=O)OC1(C)C. The van der Waals surface area contributed by atoms with E-state index >= 15 is 0 Å². The van der Waals surface area contributed by atoms with Crippen molar-refractivity contribution >= 4 is 24.7 Å². The second-order valence-corrected chi connectivity index (χ2v) is 6.28. The molecule has 2 heterocycles. The molecular formula is C15H18BNO3. The zero-order valence-electron chi connectivity index (χ0n) is 12.3. The molecule has 0 saturated carbocycles. The molecule has 0 N–H and O–H groups in total. The lowest BCUT2D eigenvalue weighted by Gasteiger charge is -2.32. The van der Waals surface area contributed by atoms with Crippen molar-refractivity contribution in [1.82, 2.24) is 0 Å². The van der Waals surface area contributed by atoms with Crippen molar-refractivity contribution < 1.29 is 14.1 Å². The fraction of sp³-hybridized carbons (Fsp3) is 0.467. The Balaban J connectivity index is 2.02. The summed E-state index contributed by atoms with van der Waals surface area (Å²) >= 11 is 0. The average Bonchev–Trinajstić information content (AvgIpc) is 2.58. The molecule has 0 radical (unpaired) electrons. The van der Waals surface area contributed by atoms with Crippen molar-refractivity contribution in [1.29, 1.82) is 0 Å². The van der Waals surface area contributed by atoms with Gasteiger partial charge in [0.25, 0.3) is 5.91 Å². The van der Waals surface area contributed by atoms with Crippen LogP contribution in [-0.2, 0) is 15.7 Å². The fourth-order valence-corrected chi connectivity index (χ4v) is 2.51. The first-order valence-corrected chi connectivity index (χ1v) is 6.86. The van der Waals surface area contributed by atoms with Gasteiger partial charge < -0.3 is 9.31 Å². The van der Waals surface area contributed by atoms with Crippen LogP contribution in [0.15, 0.2) is 23.2 Å². The molecule has 0 aromatic heterocycles. The van der Waals surface area contributed by atoms with Gasteiger partial charge in [0.05, 0.1) is 11.2 Å². The number of nitrogens with zero attached hydrogens (tertiary/aromatic N) is 1. The molecule has 1 amide bonds. The van der Waals surface area contributed by atoms with E-state index < -0.39 is 7.12 Å². The van der Waals surface area contributed by atoms with Crippen LogP contribution >= 0.6 is 0 Å². The molecule has 0 aliphatic carbocycles. The van der Waals surface area contributed by atoms with Crippen molar-refractivity contribution in [3.63, 3.8) is 0 Å². The van der Waals surface area contributed by atoms with Gasteiger partial charge in [-0.05, 0) is 44.8 Å². The number of carbonyl (C=O) groups is 1. The van der Waals surface area contributed by atoms with E-state index in [4.69, 9.17) is 9.31 Å². The Morgan fingerprint density at radius 3 is 2.45 bits per heavy atom.